The van der Waals surface area contributed by atoms with Gasteiger partial charge in [0.25, 0.3) is 0 Å². The number of nitrogens with one attached hydrogen (secondary N) is 1. The highest BCUT2D eigenvalue weighted by molar-refractivity contribution is 5.38. The van der Waals surface area contributed by atoms with Crippen LogP contribution >= 0.6 is 0 Å². The number of halogens is 1. The maximum atomic E-state index is 12.8. The predicted molar refractivity (Wildman–Crippen MR) is 58.3 cm³/mol. The Hall–Kier alpha value is -0.890. The van der Waals surface area contributed by atoms with E-state index in [2.05, 4.69) is 5.32 Å². The molecule has 3 fully saturated rings. The van der Waals surface area contributed by atoms with Crippen LogP contribution in [0.5, 0.6) is 0 Å². The average Bonchev–Trinajstić information content (AvgIpc) is 2.11. The summed E-state index contributed by atoms with van der Waals surface area (Å²) in [5, 5.41) is 3.27. The molecule has 0 atom stereocenters. The summed E-state index contributed by atoms with van der Waals surface area (Å²) >= 11 is 0. The first-order chi connectivity index (χ1) is 7.18. The molecule has 0 spiro atoms. The maximum absolute atomic E-state index is 12.8. The van der Waals surface area contributed by atoms with Crippen molar-refractivity contribution in [2.24, 2.45) is 5.41 Å². The molecule has 1 aromatic carbocycles. The Morgan fingerprint density at radius 3 is 2.33 bits per heavy atom. The average molecular weight is 205 g/mol. The van der Waals surface area contributed by atoms with Crippen LogP contribution in [-0.4, -0.2) is 13.6 Å². The van der Waals surface area contributed by atoms with Gasteiger partial charge in [0, 0.05) is 6.54 Å². The highest BCUT2D eigenvalue weighted by atomic mass is 19.1. The molecule has 1 nitrogen and oxygen atoms in total. The SMILES string of the molecule is CNCC12CC(c3ccc(F)cc3)(C1)C2. The molecule has 0 aliphatic heterocycles. The van der Waals surface area contributed by atoms with E-state index in [0.717, 1.165) is 6.54 Å². The topological polar surface area (TPSA) is 12.0 Å². The van der Waals surface area contributed by atoms with Crippen LogP contribution in [0.25, 0.3) is 0 Å². The molecule has 80 valence electrons. The lowest BCUT2D eigenvalue weighted by molar-refractivity contribution is -0.137. The molecule has 1 N–H and O–H groups in total. The molecule has 2 heteroatoms. The van der Waals surface area contributed by atoms with E-state index in [1.807, 2.05) is 19.2 Å². The highest BCUT2D eigenvalue weighted by Crippen LogP contribution is 2.73. The van der Waals surface area contributed by atoms with Gasteiger partial charge in [-0.15, -0.1) is 0 Å². The lowest BCUT2D eigenvalue weighted by atomic mass is 9.33. The van der Waals surface area contributed by atoms with Gasteiger partial charge in [-0.2, -0.15) is 0 Å². The van der Waals surface area contributed by atoms with Crippen molar-refractivity contribution in [2.75, 3.05) is 13.6 Å². The molecule has 15 heavy (non-hydrogen) atoms. The summed E-state index contributed by atoms with van der Waals surface area (Å²) in [6.07, 6.45) is 3.85. The van der Waals surface area contributed by atoms with Crippen LogP contribution in [0, 0.1) is 11.2 Å². The summed E-state index contributed by atoms with van der Waals surface area (Å²) in [7, 11) is 2.02. The second-order valence-corrected chi connectivity index (χ2v) is 5.35. The van der Waals surface area contributed by atoms with Gasteiger partial charge >= 0.3 is 0 Å². The normalized spacial score (nSPS) is 36.9. The summed E-state index contributed by atoms with van der Waals surface area (Å²) in [5.74, 6) is -0.129. The zero-order chi connectivity index (χ0) is 10.5. The van der Waals surface area contributed by atoms with Gasteiger partial charge in [0.2, 0.25) is 0 Å². The van der Waals surface area contributed by atoms with Crippen LogP contribution in [0.2, 0.25) is 0 Å². The van der Waals surface area contributed by atoms with Gasteiger partial charge in [0.05, 0.1) is 0 Å². The zero-order valence-electron chi connectivity index (χ0n) is 9.02. The number of hydrogen-bond donors (Lipinski definition) is 1. The van der Waals surface area contributed by atoms with E-state index in [9.17, 15) is 4.39 Å². The summed E-state index contributed by atoms with van der Waals surface area (Å²) in [6.45, 7) is 1.13. The predicted octanol–water partition coefficient (Wildman–Crippen LogP) is 2.47. The first-order valence-electron chi connectivity index (χ1n) is 5.59. The van der Waals surface area contributed by atoms with Gasteiger partial charge in [-0.1, -0.05) is 12.1 Å². The maximum Gasteiger partial charge on any atom is 0.123 e. The Morgan fingerprint density at radius 1 is 1.20 bits per heavy atom. The number of benzene rings is 1. The van der Waals surface area contributed by atoms with Crippen LogP contribution < -0.4 is 5.32 Å². The largest absolute Gasteiger partial charge is 0.319 e. The van der Waals surface area contributed by atoms with Crippen LogP contribution in [0.1, 0.15) is 24.8 Å². The number of rotatable bonds is 3. The molecule has 0 aromatic heterocycles. The van der Waals surface area contributed by atoms with Gasteiger partial charge in [-0.3, -0.25) is 0 Å². The second kappa shape index (κ2) is 2.82. The van der Waals surface area contributed by atoms with Crippen LogP contribution in [0.3, 0.4) is 0 Å². The lowest BCUT2D eigenvalue weighted by Crippen LogP contribution is -2.67. The summed E-state index contributed by atoms with van der Waals surface area (Å²) < 4.78 is 12.8. The summed E-state index contributed by atoms with van der Waals surface area (Å²) in [6, 6.07) is 7.08. The summed E-state index contributed by atoms with van der Waals surface area (Å²) in [4.78, 5) is 0. The van der Waals surface area contributed by atoms with Crippen molar-refractivity contribution in [1.82, 2.24) is 5.32 Å². The minimum atomic E-state index is -0.129. The fraction of sp³-hybridized carbons (Fsp3) is 0.538. The smallest absolute Gasteiger partial charge is 0.123 e. The van der Waals surface area contributed by atoms with Gasteiger partial charge in [0.1, 0.15) is 5.82 Å². The molecular formula is C13H16FN. The molecule has 1 aromatic rings. The monoisotopic (exact) mass is 205 g/mol. The van der Waals surface area contributed by atoms with E-state index in [1.54, 1.807) is 12.1 Å². The molecule has 0 unspecified atom stereocenters. The van der Waals surface area contributed by atoms with Gasteiger partial charge in [-0.05, 0) is 54.8 Å². The molecule has 2 bridgehead atoms. The Kier molecular flexibility index (Phi) is 1.76. The Morgan fingerprint density at radius 2 is 1.80 bits per heavy atom. The fourth-order valence-corrected chi connectivity index (χ4v) is 3.67. The third-order valence-corrected chi connectivity index (χ3v) is 4.15. The zero-order valence-corrected chi connectivity index (χ0v) is 9.02. The summed E-state index contributed by atoms with van der Waals surface area (Å²) in [5.41, 5.74) is 2.31. The van der Waals surface area contributed by atoms with E-state index in [0.29, 0.717) is 10.8 Å². The highest BCUT2D eigenvalue weighted by Gasteiger charge is 2.67. The Labute approximate surface area is 89.7 Å². The molecule has 3 saturated carbocycles. The Bertz CT molecular complexity index is 362. The van der Waals surface area contributed by atoms with Crippen LogP contribution in [-0.2, 0) is 5.41 Å². The molecule has 4 rings (SSSR count). The minimum Gasteiger partial charge on any atom is -0.319 e. The standard InChI is InChI=1S/C13H16FN/c1-15-9-12-6-13(7-12,8-12)10-2-4-11(14)5-3-10/h2-5,15H,6-9H2,1H3. The molecule has 0 heterocycles. The van der Waals surface area contributed by atoms with Crippen molar-refractivity contribution < 1.29 is 4.39 Å². The van der Waals surface area contributed by atoms with Crippen molar-refractivity contribution >= 4 is 0 Å². The Balaban J connectivity index is 1.75. The third-order valence-electron chi connectivity index (χ3n) is 4.15. The van der Waals surface area contributed by atoms with E-state index in [-0.39, 0.29) is 5.82 Å². The van der Waals surface area contributed by atoms with Gasteiger partial charge in [-0.25, -0.2) is 4.39 Å². The molecule has 0 amide bonds. The van der Waals surface area contributed by atoms with Crippen LogP contribution in [0.15, 0.2) is 24.3 Å². The first kappa shape index (κ1) is 9.34. The van der Waals surface area contributed by atoms with E-state index >= 15 is 0 Å². The van der Waals surface area contributed by atoms with Crippen molar-refractivity contribution in [3.05, 3.63) is 35.6 Å². The second-order valence-electron chi connectivity index (χ2n) is 5.35. The van der Waals surface area contributed by atoms with Crippen molar-refractivity contribution in [3.8, 4) is 0 Å². The lowest BCUT2D eigenvalue weighted by Gasteiger charge is -2.71. The molecule has 3 aliphatic rings. The van der Waals surface area contributed by atoms with E-state index in [4.69, 9.17) is 0 Å². The molecule has 3 aliphatic carbocycles. The van der Waals surface area contributed by atoms with Crippen molar-refractivity contribution in [3.63, 3.8) is 0 Å². The first-order valence-corrected chi connectivity index (χ1v) is 5.59. The quantitative estimate of drug-likeness (QED) is 0.799. The van der Waals surface area contributed by atoms with E-state index in [1.165, 1.54) is 24.8 Å². The molecular weight excluding hydrogens is 189 g/mol. The fourth-order valence-electron chi connectivity index (χ4n) is 3.67. The van der Waals surface area contributed by atoms with Gasteiger partial charge in [0.15, 0.2) is 0 Å². The van der Waals surface area contributed by atoms with Crippen molar-refractivity contribution in [2.45, 2.75) is 24.7 Å². The molecule has 0 saturated heterocycles. The molecule has 0 radical (unpaired) electrons. The van der Waals surface area contributed by atoms with Crippen molar-refractivity contribution in [1.29, 1.82) is 0 Å². The van der Waals surface area contributed by atoms with E-state index < -0.39 is 0 Å². The third kappa shape index (κ3) is 1.18. The minimum absolute atomic E-state index is 0.129. The van der Waals surface area contributed by atoms with Gasteiger partial charge < -0.3 is 5.32 Å². The van der Waals surface area contributed by atoms with Crippen LogP contribution in [0.4, 0.5) is 4.39 Å². The number of hydrogen-bond acceptors (Lipinski definition) is 1.